The third kappa shape index (κ3) is 2.80. The Kier molecular flexibility index (Phi) is 3.98. The van der Waals surface area contributed by atoms with Gasteiger partial charge < -0.3 is 15.0 Å². The van der Waals surface area contributed by atoms with Crippen LogP contribution in [0.15, 0.2) is 54.6 Å². The van der Waals surface area contributed by atoms with Crippen LogP contribution in [0.2, 0.25) is 0 Å². The molecule has 0 unspecified atom stereocenters. The molecule has 2 aromatic carbocycles. The molecule has 0 saturated carbocycles. The van der Waals surface area contributed by atoms with Crippen molar-refractivity contribution < 1.29 is 4.74 Å². The normalized spacial score (nSPS) is 19.5. The zero-order chi connectivity index (χ0) is 17.3. The molecule has 3 aromatic rings. The number of nitrogens with zero attached hydrogens (tertiary/aromatic N) is 2. The van der Waals surface area contributed by atoms with Crippen LogP contribution in [0.4, 0.5) is 5.82 Å². The maximum absolute atomic E-state index is 6.46. The molecule has 1 atom stereocenters. The van der Waals surface area contributed by atoms with Gasteiger partial charge in [0.2, 0.25) is 0 Å². The Morgan fingerprint density at radius 2 is 1.81 bits per heavy atom. The monoisotopic (exact) mass is 345 g/mol. The smallest absolute Gasteiger partial charge is 0.141 e. The average molecular weight is 345 g/mol. The lowest BCUT2D eigenvalue weighted by Gasteiger charge is -2.29. The summed E-state index contributed by atoms with van der Waals surface area (Å²) >= 11 is 0. The first-order valence-corrected chi connectivity index (χ1v) is 9.48. The van der Waals surface area contributed by atoms with Crippen LogP contribution < -0.4 is 15.0 Å². The maximum Gasteiger partial charge on any atom is 0.141 e. The zero-order valence-electron chi connectivity index (χ0n) is 14.8. The number of benzene rings is 2. The van der Waals surface area contributed by atoms with Gasteiger partial charge in [-0.15, -0.1) is 0 Å². The first-order chi connectivity index (χ1) is 12.9. The number of nitrogens with one attached hydrogen (secondary N) is 1. The van der Waals surface area contributed by atoms with Crippen LogP contribution in [-0.2, 0) is 6.42 Å². The summed E-state index contributed by atoms with van der Waals surface area (Å²) in [6.07, 6.45) is 2.08. The van der Waals surface area contributed by atoms with Crippen LogP contribution in [0.5, 0.6) is 5.75 Å². The van der Waals surface area contributed by atoms with Crippen molar-refractivity contribution in [3.8, 4) is 5.75 Å². The molecule has 0 bridgehead atoms. The van der Waals surface area contributed by atoms with E-state index < -0.39 is 0 Å². The molecule has 4 nitrogen and oxygen atoms in total. The third-order valence-corrected chi connectivity index (χ3v) is 5.44. The lowest BCUT2D eigenvalue weighted by molar-refractivity contribution is 0.206. The minimum absolute atomic E-state index is 0.0404. The van der Waals surface area contributed by atoms with Gasteiger partial charge in [0, 0.05) is 31.6 Å². The SMILES string of the molecule is c1ccc2c(O[C@H]3CCc4ccc(N5CCNCC5)nc43)cccc2c1. The minimum atomic E-state index is 0.0404. The van der Waals surface area contributed by atoms with Gasteiger partial charge in [-0.3, -0.25) is 0 Å². The number of anilines is 1. The highest BCUT2D eigenvalue weighted by atomic mass is 16.5. The molecular formula is C22H23N3O. The molecule has 1 aliphatic carbocycles. The third-order valence-electron chi connectivity index (χ3n) is 5.44. The van der Waals surface area contributed by atoms with E-state index in [-0.39, 0.29) is 6.10 Å². The summed E-state index contributed by atoms with van der Waals surface area (Å²) in [5.74, 6) is 2.04. The van der Waals surface area contributed by atoms with Crippen molar-refractivity contribution >= 4 is 16.6 Å². The summed E-state index contributed by atoms with van der Waals surface area (Å²) in [5.41, 5.74) is 2.45. The Morgan fingerprint density at radius 3 is 2.73 bits per heavy atom. The van der Waals surface area contributed by atoms with Gasteiger partial charge in [0.15, 0.2) is 0 Å². The van der Waals surface area contributed by atoms with Crippen LogP contribution >= 0.6 is 0 Å². The van der Waals surface area contributed by atoms with E-state index in [1.807, 2.05) is 0 Å². The number of piperazine rings is 1. The average Bonchev–Trinajstić information content (AvgIpc) is 3.11. The maximum atomic E-state index is 6.46. The topological polar surface area (TPSA) is 37.4 Å². The molecular weight excluding hydrogens is 322 g/mol. The van der Waals surface area contributed by atoms with Gasteiger partial charge in [-0.1, -0.05) is 42.5 Å². The molecule has 2 heterocycles. The summed E-state index contributed by atoms with van der Waals surface area (Å²) in [4.78, 5) is 7.37. The van der Waals surface area contributed by atoms with Crippen molar-refractivity contribution in [3.63, 3.8) is 0 Å². The Bertz CT molecular complexity index is 928. The molecule has 0 spiro atoms. The summed E-state index contributed by atoms with van der Waals surface area (Å²) < 4.78 is 6.46. The van der Waals surface area contributed by atoms with Crippen LogP contribution in [-0.4, -0.2) is 31.2 Å². The van der Waals surface area contributed by atoms with Crippen LogP contribution in [0, 0.1) is 0 Å². The van der Waals surface area contributed by atoms with E-state index in [1.165, 1.54) is 16.3 Å². The Labute approximate surface area is 153 Å². The molecule has 0 amide bonds. The number of rotatable bonds is 3. The summed E-state index contributed by atoms with van der Waals surface area (Å²) in [6, 6.07) is 19.1. The molecule has 5 rings (SSSR count). The number of fused-ring (bicyclic) bond motifs is 2. The van der Waals surface area contributed by atoms with Gasteiger partial charge in [0.05, 0.1) is 5.69 Å². The molecule has 132 valence electrons. The summed E-state index contributed by atoms with van der Waals surface area (Å²) in [5, 5.41) is 5.78. The van der Waals surface area contributed by atoms with E-state index in [0.717, 1.165) is 56.3 Å². The predicted octanol–water partition coefficient (Wildman–Crippen LogP) is 3.71. The number of aryl methyl sites for hydroxylation is 1. The Hall–Kier alpha value is -2.59. The number of hydrogen-bond donors (Lipinski definition) is 1. The van der Waals surface area contributed by atoms with Gasteiger partial charge in [0.25, 0.3) is 0 Å². The molecule has 1 N–H and O–H groups in total. The van der Waals surface area contributed by atoms with Crippen molar-refractivity contribution in [1.82, 2.24) is 10.3 Å². The van der Waals surface area contributed by atoms with Crippen molar-refractivity contribution in [1.29, 1.82) is 0 Å². The quantitative estimate of drug-likeness (QED) is 0.785. The molecule has 26 heavy (non-hydrogen) atoms. The van der Waals surface area contributed by atoms with E-state index in [4.69, 9.17) is 9.72 Å². The van der Waals surface area contributed by atoms with E-state index >= 15 is 0 Å². The first-order valence-electron chi connectivity index (χ1n) is 9.48. The van der Waals surface area contributed by atoms with Crippen molar-refractivity contribution in [2.75, 3.05) is 31.1 Å². The highest BCUT2D eigenvalue weighted by Crippen LogP contribution is 2.37. The largest absolute Gasteiger partial charge is 0.483 e. The van der Waals surface area contributed by atoms with Crippen molar-refractivity contribution in [3.05, 3.63) is 65.9 Å². The lowest BCUT2D eigenvalue weighted by atomic mass is 10.1. The fourth-order valence-electron chi connectivity index (χ4n) is 4.04. The highest BCUT2D eigenvalue weighted by Gasteiger charge is 2.27. The van der Waals surface area contributed by atoms with Crippen molar-refractivity contribution in [2.45, 2.75) is 18.9 Å². The predicted molar refractivity (Wildman–Crippen MR) is 105 cm³/mol. The number of hydrogen-bond acceptors (Lipinski definition) is 4. The minimum Gasteiger partial charge on any atom is -0.483 e. The fraction of sp³-hybridized carbons (Fsp3) is 0.318. The fourth-order valence-corrected chi connectivity index (χ4v) is 4.04. The molecule has 1 saturated heterocycles. The number of aromatic nitrogens is 1. The first kappa shape index (κ1) is 15.6. The van der Waals surface area contributed by atoms with Gasteiger partial charge in [0.1, 0.15) is 17.7 Å². The van der Waals surface area contributed by atoms with Gasteiger partial charge in [-0.2, -0.15) is 0 Å². The second-order valence-electron chi connectivity index (χ2n) is 7.07. The molecule has 2 aliphatic rings. The number of ether oxygens (including phenoxy) is 1. The molecule has 4 heteroatoms. The molecule has 1 aromatic heterocycles. The Morgan fingerprint density at radius 1 is 0.962 bits per heavy atom. The van der Waals surface area contributed by atoms with Crippen LogP contribution in [0.3, 0.4) is 0 Å². The van der Waals surface area contributed by atoms with Crippen molar-refractivity contribution in [2.24, 2.45) is 0 Å². The van der Waals surface area contributed by atoms with E-state index in [0.29, 0.717) is 0 Å². The second kappa shape index (κ2) is 6.61. The summed E-state index contributed by atoms with van der Waals surface area (Å²) in [7, 11) is 0. The Balaban J connectivity index is 1.45. The van der Waals surface area contributed by atoms with E-state index in [1.54, 1.807) is 0 Å². The van der Waals surface area contributed by atoms with Gasteiger partial charge in [-0.05, 0) is 35.9 Å². The lowest BCUT2D eigenvalue weighted by Crippen LogP contribution is -2.44. The van der Waals surface area contributed by atoms with Crippen LogP contribution in [0.1, 0.15) is 23.8 Å². The van der Waals surface area contributed by atoms with E-state index in [9.17, 15) is 0 Å². The standard InChI is InChI=1S/C22H23N3O/c1-2-6-18-16(4-1)5-3-7-19(18)26-20-10-8-17-9-11-21(24-22(17)20)25-14-12-23-13-15-25/h1-7,9,11,20,23H,8,10,12-15H2/t20-/m0/s1. The van der Waals surface area contributed by atoms with Gasteiger partial charge >= 0.3 is 0 Å². The second-order valence-corrected chi connectivity index (χ2v) is 7.07. The number of pyridine rings is 1. The molecule has 0 radical (unpaired) electrons. The van der Waals surface area contributed by atoms with E-state index in [2.05, 4.69) is 64.8 Å². The molecule has 1 aliphatic heterocycles. The zero-order valence-corrected chi connectivity index (χ0v) is 14.8. The van der Waals surface area contributed by atoms with Gasteiger partial charge in [-0.25, -0.2) is 4.98 Å². The summed E-state index contributed by atoms with van der Waals surface area (Å²) in [6.45, 7) is 4.07. The molecule has 1 fully saturated rings. The highest BCUT2D eigenvalue weighted by molar-refractivity contribution is 5.88. The van der Waals surface area contributed by atoms with Crippen LogP contribution in [0.25, 0.3) is 10.8 Å².